The number of ketones is 2. The van der Waals surface area contributed by atoms with E-state index in [0.717, 1.165) is 49.7 Å². The first-order chi connectivity index (χ1) is 16.8. The molecule has 2 aliphatic carbocycles. The monoisotopic (exact) mass is 474 g/mol. The Hall–Kier alpha value is -2.26. The molecule has 2 aromatic rings. The maximum absolute atomic E-state index is 12.8. The van der Waals surface area contributed by atoms with Gasteiger partial charge in [0.15, 0.2) is 0 Å². The van der Waals surface area contributed by atoms with Gasteiger partial charge < -0.3 is 4.74 Å². The van der Waals surface area contributed by atoms with Gasteiger partial charge in [0.25, 0.3) is 0 Å². The van der Waals surface area contributed by atoms with Crippen LogP contribution in [-0.2, 0) is 14.3 Å². The molecule has 0 bridgehead atoms. The summed E-state index contributed by atoms with van der Waals surface area (Å²) in [6.07, 6.45) is 5.67. The van der Waals surface area contributed by atoms with E-state index in [1.54, 1.807) is 13.8 Å². The van der Waals surface area contributed by atoms with Crippen LogP contribution in [0, 0.1) is 35.5 Å². The summed E-state index contributed by atoms with van der Waals surface area (Å²) in [4.78, 5) is 25.6. The second kappa shape index (κ2) is 11.6. The van der Waals surface area contributed by atoms with Gasteiger partial charge in [-0.1, -0.05) is 74.5 Å². The first-order valence-corrected chi connectivity index (χ1v) is 13.6. The fourth-order valence-electron chi connectivity index (χ4n) is 6.83. The molecule has 2 saturated carbocycles. The molecular formula is C32H42O3. The van der Waals surface area contributed by atoms with Gasteiger partial charge in [-0.15, -0.1) is 0 Å². The largest absolute Gasteiger partial charge is 0.365 e. The van der Waals surface area contributed by atoms with Gasteiger partial charge in [-0.2, -0.15) is 0 Å². The van der Waals surface area contributed by atoms with Crippen molar-refractivity contribution in [2.75, 3.05) is 0 Å². The van der Waals surface area contributed by atoms with Crippen LogP contribution in [0.4, 0.5) is 0 Å². The molecule has 0 aliphatic heterocycles. The number of hydrogen-bond donors (Lipinski definition) is 0. The van der Waals surface area contributed by atoms with Crippen molar-refractivity contribution >= 4 is 11.6 Å². The third kappa shape index (κ3) is 6.12. The Morgan fingerprint density at radius 2 is 1.03 bits per heavy atom. The highest BCUT2D eigenvalue weighted by molar-refractivity contribution is 5.79. The Kier molecular flexibility index (Phi) is 8.59. The third-order valence-corrected chi connectivity index (χ3v) is 8.70. The van der Waals surface area contributed by atoms with E-state index in [1.165, 1.54) is 0 Å². The summed E-state index contributed by atoms with van der Waals surface area (Å²) in [6.45, 7) is 8.10. The maximum Gasteiger partial charge on any atom is 0.133 e. The minimum atomic E-state index is -0.178. The lowest BCUT2D eigenvalue weighted by atomic mass is 9.68. The molecule has 0 N–H and O–H groups in total. The quantitative estimate of drug-likeness (QED) is 0.392. The topological polar surface area (TPSA) is 43.4 Å². The molecule has 0 heterocycles. The molecule has 0 spiro atoms. The van der Waals surface area contributed by atoms with E-state index in [2.05, 4.69) is 62.4 Å². The molecule has 4 rings (SSSR count). The first-order valence-electron chi connectivity index (χ1n) is 13.6. The standard InChI is InChI=1S/C32H42O3/c1-21-15-17-27(23(3)33)29(19-21)31(25-11-7-5-8-12-25)35-32(26-13-9-6-10-14-26)30-20-22(2)16-18-28(30)24(4)34/h5-14,21-22,27-32H,15-20H2,1-4H3. The van der Waals surface area contributed by atoms with E-state index in [9.17, 15) is 9.59 Å². The molecule has 0 aromatic heterocycles. The average Bonchev–Trinajstić information content (AvgIpc) is 2.85. The molecule has 2 aromatic carbocycles. The molecule has 188 valence electrons. The fourth-order valence-corrected chi connectivity index (χ4v) is 6.83. The van der Waals surface area contributed by atoms with Gasteiger partial charge in [0.1, 0.15) is 11.6 Å². The number of ether oxygens (including phenoxy) is 1. The molecular weight excluding hydrogens is 432 g/mol. The van der Waals surface area contributed by atoms with Crippen LogP contribution in [0.25, 0.3) is 0 Å². The van der Waals surface area contributed by atoms with Gasteiger partial charge >= 0.3 is 0 Å². The van der Waals surface area contributed by atoms with E-state index >= 15 is 0 Å². The van der Waals surface area contributed by atoms with Crippen LogP contribution in [0.3, 0.4) is 0 Å². The van der Waals surface area contributed by atoms with Crippen molar-refractivity contribution < 1.29 is 14.3 Å². The van der Waals surface area contributed by atoms with Gasteiger partial charge in [0.05, 0.1) is 12.2 Å². The summed E-state index contributed by atoms with van der Waals surface area (Å²) in [5.41, 5.74) is 2.28. The fraction of sp³-hybridized carbons (Fsp3) is 0.562. The van der Waals surface area contributed by atoms with Crippen molar-refractivity contribution in [1.82, 2.24) is 0 Å². The molecule has 35 heavy (non-hydrogen) atoms. The van der Waals surface area contributed by atoms with Gasteiger partial charge in [-0.05, 0) is 87.2 Å². The summed E-state index contributed by atoms with van der Waals surface area (Å²) in [7, 11) is 0. The van der Waals surface area contributed by atoms with Gasteiger partial charge in [-0.3, -0.25) is 9.59 Å². The highest BCUT2D eigenvalue weighted by Crippen LogP contribution is 2.49. The highest BCUT2D eigenvalue weighted by atomic mass is 16.5. The van der Waals surface area contributed by atoms with Crippen molar-refractivity contribution in [2.45, 2.75) is 78.4 Å². The summed E-state index contributed by atoms with van der Waals surface area (Å²) in [5.74, 6) is 2.00. The number of hydrogen-bond acceptors (Lipinski definition) is 3. The van der Waals surface area contributed by atoms with Crippen LogP contribution in [-0.4, -0.2) is 11.6 Å². The third-order valence-electron chi connectivity index (χ3n) is 8.70. The minimum Gasteiger partial charge on any atom is -0.365 e. The lowest BCUT2D eigenvalue weighted by molar-refractivity contribution is -0.142. The molecule has 3 heteroatoms. The van der Waals surface area contributed by atoms with Crippen LogP contribution in [0.15, 0.2) is 60.7 Å². The van der Waals surface area contributed by atoms with Crippen LogP contribution < -0.4 is 0 Å². The Labute approximate surface area is 211 Å². The Bertz CT molecular complexity index is 889. The van der Waals surface area contributed by atoms with Crippen LogP contribution in [0.5, 0.6) is 0 Å². The molecule has 2 fully saturated rings. The number of Topliss-reactive ketones (excluding diaryl/α,β-unsaturated/α-hetero) is 2. The summed E-state index contributed by atoms with van der Waals surface area (Å²) >= 11 is 0. The van der Waals surface area contributed by atoms with Crippen molar-refractivity contribution in [2.24, 2.45) is 35.5 Å². The predicted molar refractivity (Wildman–Crippen MR) is 141 cm³/mol. The first kappa shape index (κ1) is 25.8. The van der Waals surface area contributed by atoms with Crippen molar-refractivity contribution in [3.8, 4) is 0 Å². The van der Waals surface area contributed by atoms with Gasteiger partial charge in [0, 0.05) is 11.8 Å². The molecule has 0 saturated heterocycles. The summed E-state index contributed by atoms with van der Waals surface area (Å²) in [6, 6.07) is 20.9. The van der Waals surface area contributed by atoms with Gasteiger partial charge in [-0.25, -0.2) is 0 Å². The van der Waals surface area contributed by atoms with E-state index < -0.39 is 0 Å². The van der Waals surface area contributed by atoms with Crippen LogP contribution in [0.1, 0.15) is 89.6 Å². The normalized spacial score (nSPS) is 30.9. The second-order valence-corrected chi connectivity index (χ2v) is 11.4. The van der Waals surface area contributed by atoms with Crippen molar-refractivity contribution in [3.05, 3.63) is 71.8 Å². The van der Waals surface area contributed by atoms with E-state index in [0.29, 0.717) is 11.8 Å². The second-order valence-electron chi connectivity index (χ2n) is 11.4. The number of rotatable bonds is 8. The van der Waals surface area contributed by atoms with E-state index in [1.807, 2.05) is 12.1 Å². The summed E-state index contributed by atoms with van der Waals surface area (Å²) in [5, 5.41) is 0. The van der Waals surface area contributed by atoms with Gasteiger partial charge in [0.2, 0.25) is 0 Å². The number of benzene rings is 2. The average molecular weight is 475 g/mol. The zero-order valence-electron chi connectivity index (χ0n) is 21.9. The smallest absolute Gasteiger partial charge is 0.133 e. The van der Waals surface area contributed by atoms with Crippen LogP contribution >= 0.6 is 0 Å². The van der Waals surface area contributed by atoms with Crippen molar-refractivity contribution in [3.63, 3.8) is 0 Å². The highest BCUT2D eigenvalue weighted by Gasteiger charge is 2.43. The predicted octanol–water partition coefficient (Wildman–Crippen LogP) is 7.77. The van der Waals surface area contributed by atoms with Crippen molar-refractivity contribution in [1.29, 1.82) is 0 Å². The molecule has 8 unspecified atom stereocenters. The number of carbonyl (C=O) groups excluding carboxylic acids is 2. The minimum absolute atomic E-state index is 0.0155. The lowest BCUT2D eigenvalue weighted by Gasteiger charge is -2.44. The SMILES string of the molecule is CC(=O)C1CCC(C)CC1C(OC(c1ccccc1)C1CC(C)CCC1C(C)=O)c1ccccc1. The molecule has 0 amide bonds. The zero-order valence-corrected chi connectivity index (χ0v) is 21.9. The maximum atomic E-state index is 12.8. The van der Waals surface area contributed by atoms with E-state index in [4.69, 9.17) is 4.74 Å². The molecule has 0 radical (unpaired) electrons. The summed E-state index contributed by atoms with van der Waals surface area (Å²) < 4.78 is 7.25. The molecule has 3 nitrogen and oxygen atoms in total. The number of carbonyl (C=O) groups is 2. The Morgan fingerprint density at radius 1 is 0.657 bits per heavy atom. The van der Waals surface area contributed by atoms with E-state index in [-0.39, 0.29) is 47.4 Å². The lowest BCUT2D eigenvalue weighted by Crippen LogP contribution is -2.38. The molecule has 2 aliphatic rings. The van der Waals surface area contributed by atoms with Crippen LogP contribution in [0.2, 0.25) is 0 Å². The Morgan fingerprint density at radius 3 is 1.37 bits per heavy atom. The Balaban J connectivity index is 1.77. The zero-order chi connectivity index (χ0) is 24.9. The molecule has 8 atom stereocenters.